The monoisotopic (exact) mass is 298 g/mol. The minimum Gasteiger partial charge on any atom is -0.386 e. The Hall–Kier alpha value is -1.56. The number of halogens is 1. The van der Waals surface area contributed by atoms with E-state index in [1.807, 2.05) is 6.92 Å². The zero-order valence-corrected chi connectivity index (χ0v) is 11.4. The number of pyridine rings is 1. The Morgan fingerprint density at radius 1 is 1.71 bits per heavy atom. The Morgan fingerprint density at radius 2 is 2.29 bits per heavy atom. The summed E-state index contributed by atoms with van der Waals surface area (Å²) in [5.74, 6) is 0.733. The second-order valence-corrected chi connectivity index (χ2v) is 4.43. The molecule has 0 unspecified atom stereocenters. The Labute approximate surface area is 108 Å². The van der Waals surface area contributed by atoms with Crippen LogP contribution in [-0.2, 0) is 6.54 Å². The first kappa shape index (κ1) is 13.5. The Morgan fingerprint density at radius 3 is 2.71 bits per heavy atom. The second-order valence-electron chi connectivity index (χ2n) is 3.58. The summed E-state index contributed by atoms with van der Waals surface area (Å²) in [6, 6.07) is 1.61. The summed E-state index contributed by atoms with van der Waals surface area (Å²) >= 11 is 3.19. The van der Waals surface area contributed by atoms with Crippen LogP contribution in [-0.4, -0.2) is 10.3 Å². The molecule has 1 heterocycles. The van der Waals surface area contributed by atoms with Gasteiger partial charge >= 0.3 is 0 Å². The molecule has 1 rings (SSSR count). The average Bonchev–Trinajstić information content (AvgIpc) is 2.22. The lowest BCUT2D eigenvalue weighted by molar-refractivity contribution is 0.730. The van der Waals surface area contributed by atoms with E-state index >= 15 is 0 Å². The van der Waals surface area contributed by atoms with E-state index in [0.717, 1.165) is 0 Å². The van der Waals surface area contributed by atoms with Gasteiger partial charge in [0.1, 0.15) is 5.82 Å². The maximum absolute atomic E-state index is 11.9. The van der Waals surface area contributed by atoms with Gasteiger partial charge in [-0.05, 0) is 35.8 Å². The van der Waals surface area contributed by atoms with Crippen LogP contribution in [0.3, 0.4) is 0 Å². The van der Waals surface area contributed by atoms with Crippen molar-refractivity contribution in [2.24, 2.45) is 5.73 Å². The summed E-state index contributed by atoms with van der Waals surface area (Å²) in [4.78, 5) is 11.9. The van der Waals surface area contributed by atoms with Gasteiger partial charge in [-0.2, -0.15) is 0 Å². The van der Waals surface area contributed by atoms with Crippen LogP contribution >= 0.6 is 15.9 Å². The summed E-state index contributed by atoms with van der Waals surface area (Å²) in [5, 5.41) is 10.5. The third-order valence-electron chi connectivity index (χ3n) is 2.24. The van der Waals surface area contributed by atoms with Crippen LogP contribution in [0.4, 0.5) is 5.82 Å². The number of rotatable bonds is 4. The van der Waals surface area contributed by atoms with E-state index in [-0.39, 0.29) is 11.4 Å². The molecule has 6 heteroatoms. The van der Waals surface area contributed by atoms with Crippen LogP contribution < -0.4 is 16.6 Å². The summed E-state index contributed by atoms with van der Waals surface area (Å²) in [7, 11) is 0. The molecule has 0 saturated heterocycles. The molecule has 0 spiro atoms. The minimum atomic E-state index is -0.166. The minimum absolute atomic E-state index is 0.166. The number of anilines is 1. The van der Waals surface area contributed by atoms with Crippen molar-refractivity contribution < 1.29 is 0 Å². The molecule has 0 amide bonds. The van der Waals surface area contributed by atoms with Gasteiger partial charge in [0.15, 0.2) is 0 Å². The molecule has 1 aromatic heterocycles. The van der Waals surface area contributed by atoms with Gasteiger partial charge < -0.3 is 16.5 Å². The van der Waals surface area contributed by atoms with Crippen molar-refractivity contribution in [2.75, 3.05) is 5.32 Å². The lowest BCUT2D eigenvalue weighted by Crippen LogP contribution is -2.26. The smallest absolute Gasteiger partial charge is 0.266 e. The van der Waals surface area contributed by atoms with Crippen LogP contribution in [0.5, 0.6) is 0 Å². The fraction of sp³-hybridized carbons (Fsp3) is 0.273. The molecule has 92 valence electrons. The molecule has 0 radical (unpaired) electrons. The van der Waals surface area contributed by atoms with Crippen LogP contribution in [0.25, 0.3) is 0 Å². The normalized spacial score (nSPS) is 10.1. The third kappa shape index (κ3) is 2.76. The standard InChI is InChI=1S/C11H15BrN4O/c1-4-16-10(15-7(3)14)8(6(2)13)5-9(12)11(16)17/h5,13,15H,3-4,14H2,1-2H3. The topological polar surface area (TPSA) is 83.9 Å². The molecule has 17 heavy (non-hydrogen) atoms. The fourth-order valence-electron chi connectivity index (χ4n) is 1.51. The number of nitrogens with zero attached hydrogens (tertiary/aromatic N) is 1. The molecule has 0 aliphatic heterocycles. The van der Waals surface area contributed by atoms with Gasteiger partial charge in [-0.1, -0.05) is 6.58 Å². The summed E-state index contributed by atoms with van der Waals surface area (Å²) in [5.41, 5.74) is 6.30. The molecule has 0 aliphatic carbocycles. The molecule has 0 aromatic carbocycles. The van der Waals surface area contributed by atoms with Crippen molar-refractivity contribution >= 4 is 27.5 Å². The third-order valence-corrected chi connectivity index (χ3v) is 2.81. The van der Waals surface area contributed by atoms with Crippen molar-refractivity contribution in [1.29, 1.82) is 5.41 Å². The van der Waals surface area contributed by atoms with Gasteiger partial charge in [0, 0.05) is 17.8 Å². The van der Waals surface area contributed by atoms with Gasteiger partial charge in [-0.25, -0.2) is 0 Å². The van der Waals surface area contributed by atoms with E-state index in [4.69, 9.17) is 11.1 Å². The van der Waals surface area contributed by atoms with Crippen molar-refractivity contribution in [3.8, 4) is 0 Å². The molecule has 0 bridgehead atoms. The number of nitrogens with one attached hydrogen (secondary N) is 2. The molecule has 0 saturated carbocycles. The average molecular weight is 299 g/mol. The largest absolute Gasteiger partial charge is 0.386 e. The number of hydrogen-bond acceptors (Lipinski definition) is 4. The molecule has 1 aromatic rings. The van der Waals surface area contributed by atoms with E-state index in [1.165, 1.54) is 4.57 Å². The zero-order chi connectivity index (χ0) is 13.2. The summed E-state index contributed by atoms with van der Waals surface area (Å²) < 4.78 is 1.93. The van der Waals surface area contributed by atoms with Crippen LogP contribution in [0.1, 0.15) is 19.4 Å². The highest BCUT2D eigenvalue weighted by Gasteiger charge is 2.14. The lowest BCUT2D eigenvalue weighted by atomic mass is 10.1. The Bertz CT molecular complexity index is 533. The van der Waals surface area contributed by atoms with E-state index in [0.29, 0.717) is 28.1 Å². The number of hydrogen-bond donors (Lipinski definition) is 3. The van der Waals surface area contributed by atoms with Crippen molar-refractivity contribution in [2.45, 2.75) is 20.4 Å². The maximum Gasteiger partial charge on any atom is 0.266 e. The molecule has 0 aliphatic rings. The second kappa shape index (κ2) is 5.18. The molecular formula is C11H15BrN4O. The molecule has 4 N–H and O–H groups in total. The van der Waals surface area contributed by atoms with Crippen molar-refractivity contribution in [1.82, 2.24) is 4.57 Å². The van der Waals surface area contributed by atoms with Crippen LogP contribution in [0.15, 0.2) is 27.7 Å². The van der Waals surface area contributed by atoms with E-state index in [9.17, 15) is 4.79 Å². The molecular weight excluding hydrogens is 284 g/mol. The van der Waals surface area contributed by atoms with Crippen molar-refractivity contribution in [3.05, 3.63) is 38.9 Å². The lowest BCUT2D eigenvalue weighted by Gasteiger charge is -2.17. The van der Waals surface area contributed by atoms with Crippen molar-refractivity contribution in [3.63, 3.8) is 0 Å². The van der Waals surface area contributed by atoms with Crippen LogP contribution in [0.2, 0.25) is 0 Å². The predicted octanol–water partition coefficient (Wildman–Crippen LogP) is 1.86. The molecule has 0 atom stereocenters. The maximum atomic E-state index is 11.9. The van der Waals surface area contributed by atoms with Gasteiger partial charge in [0.2, 0.25) is 0 Å². The van der Waals surface area contributed by atoms with E-state index in [1.54, 1.807) is 13.0 Å². The number of nitrogens with two attached hydrogens (primary N) is 1. The zero-order valence-electron chi connectivity index (χ0n) is 9.80. The van der Waals surface area contributed by atoms with E-state index < -0.39 is 0 Å². The highest BCUT2D eigenvalue weighted by atomic mass is 79.9. The predicted molar refractivity (Wildman–Crippen MR) is 73.5 cm³/mol. The highest BCUT2D eigenvalue weighted by molar-refractivity contribution is 9.10. The van der Waals surface area contributed by atoms with Gasteiger partial charge in [-0.15, -0.1) is 0 Å². The van der Waals surface area contributed by atoms with E-state index in [2.05, 4.69) is 27.8 Å². The molecule has 5 nitrogen and oxygen atoms in total. The van der Waals surface area contributed by atoms with Gasteiger partial charge in [-0.3, -0.25) is 9.36 Å². The highest BCUT2D eigenvalue weighted by Crippen LogP contribution is 2.19. The van der Waals surface area contributed by atoms with Gasteiger partial charge in [0.25, 0.3) is 5.56 Å². The van der Waals surface area contributed by atoms with Gasteiger partial charge in [0.05, 0.1) is 10.3 Å². The first-order valence-electron chi connectivity index (χ1n) is 5.08. The first-order chi connectivity index (χ1) is 7.88. The summed E-state index contributed by atoms with van der Waals surface area (Å²) in [6.45, 7) is 7.53. The Balaban J connectivity index is 3.60. The quantitative estimate of drug-likeness (QED) is 0.742. The SMILES string of the molecule is C=C(N)Nc1c(C(C)=N)cc(Br)c(=O)n1CC. The fourth-order valence-corrected chi connectivity index (χ4v) is 1.95. The number of aromatic nitrogens is 1. The van der Waals surface area contributed by atoms with Crippen LogP contribution in [0, 0.1) is 5.41 Å². The Kier molecular flexibility index (Phi) is 4.11. The first-order valence-corrected chi connectivity index (χ1v) is 5.88. The molecule has 0 fully saturated rings. The summed E-state index contributed by atoms with van der Waals surface area (Å²) in [6.07, 6.45) is 0.